The van der Waals surface area contributed by atoms with Gasteiger partial charge in [-0.05, 0) is 28.6 Å². The van der Waals surface area contributed by atoms with Gasteiger partial charge in [0.05, 0.1) is 0 Å². The monoisotopic (exact) mass is 318 g/mol. The maximum absolute atomic E-state index is 4.23. The summed E-state index contributed by atoms with van der Waals surface area (Å²) in [5.74, 6) is 1.70. The lowest BCUT2D eigenvalue weighted by molar-refractivity contribution is 0.954. The van der Waals surface area contributed by atoms with Gasteiger partial charge in [0.1, 0.15) is 22.4 Å². The molecular weight excluding hydrogens is 300 g/mol. The number of nitrogens with zero attached hydrogens (tertiary/aromatic N) is 2. The van der Waals surface area contributed by atoms with Gasteiger partial charge in [0.25, 0.3) is 0 Å². The van der Waals surface area contributed by atoms with Crippen molar-refractivity contribution in [1.29, 1.82) is 0 Å². The van der Waals surface area contributed by atoms with Crippen LogP contribution in [0.5, 0.6) is 0 Å². The second-order valence-corrected chi connectivity index (χ2v) is 5.81. The molecule has 1 aromatic heterocycles. The summed E-state index contributed by atoms with van der Waals surface area (Å²) >= 11 is 5.36. The molecule has 0 spiro atoms. The number of hydrogen-bond acceptors (Lipinski definition) is 5. The highest BCUT2D eigenvalue weighted by molar-refractivity contribution is 9.10. The second-order valence-electron chi connectivity index (χ2n) is 3.74. The molecule has 1 unspecified atom stereocenters. The van der Waals surface area contributed by atoms with Gasteiger partial charge in [0, 0.05) is 18.3 Å². The zero-order chi connectivity index (χ0) is 12.7. The molecule has 0 fully saturated rings. The Labute approximate surface area is 116 Å². The molecule has 0 aromatic carbocycles. The largest absolute Gasteiger partial charge is 0.369 e. The summed E-state index contributed by atoms with van der Waals surface area (Å²) in [6.07, 6.45) is 4.76. The molecule has 17 heavy (non-hydrogen) atoms. The fourth-order valence-corrected chi connectivity index (χ4v) is 1.92. The summed E-state index contributed by atoms with van der Waals surface area (Å²) in [5, 5.41) is 7.14. The van der Waals surface area contributed by atoms with Gasteiger partial charge in [-0.1, -0.05) is 13.8 Å². The average molecular weight is 319 g/mol. The van der Waals surface area contributed by atoms with E-state index in [1.807, 2.05) is 11.8 Å². The third-order valence-electron chi connectivity index (χ3n) is 2.29. The van der Waals surface area contributed by atoms with E-state index < -0.39 is 0 Å². The minimum Gasteiger partial charge on any atom is -0.369 e. The molecule has 1 heterocycles. The van der Waals surface area contributed by atoms with Crippen molar-refractivity contribution in [2.24, 2.45) is 0 Å². The first-order chi connectivity index (χ1) is 8.19. The van der Waals surface area contributed by atoms with Gasteiger partial charge >= 0.3 is 0 Å². The van der Waals surface area contributed by atoms with E-state index in [-0.39, 0.29) is 0 Å². The number of halogens is 1. The minimum absolute atomic E-state index is 0.559. The number of thioether (sulfide) groups is 1. The van der Waals surface area contributed by atoms with Crippen LogP contribution >= 0.6 is 27.7 Å². The van der Waals surface area contributed by atoms with Crippen molar-refractivity contribution in [1.82, 2.24) is 9.97 Å². The summed E-state index contributed by atoms with van der Waals surface area (Å²) in [6, 6.07) is 0. The lowest BCUT2D eigenvalue weighted by atomic mass is 10.4. The first-order valence-electron chi connectivity index (χ1n) is 5.70. The van der Waals surface area contributed by atoms with Crippen LogP contribution in [0.3, 0.4) is 0 Å². The highest BCUT2D eigenvalue weighted by Crippen LogP contribution is 2.26. The van der Waals surface area contributed by atoms with Crippen molar-refractivity contribution in [3.63, 3.8) is 0 Å². The molecule has 0 aliphatic carbocycles. The third kappa shape index (κ3) is 4.71. The van der Waals surface area contributed by atoms with Gasteiger partial charge in [-0.25, -0.2) is 9.97 Å². The second kappa shape index (κ2) is 7.76. The first-order valence-corrected chi connectivity index (χ1v) is 7.78. The van der Waals surface area contributed by atoms with Gasteiger partial charge in [-0.15, -0.1) is 0 Å². The highest BCUT2D eigenvalue weighted by atomic mass is 79.9. The molecule has 2 N–H and O–H groups in total. The van der Waals surface area contributed by atoms with Crippen LogP contribution in [0.4, 0.5) is 11.6 Å². The maximum Gasteiger partial charge on any atom is 0.145 e. The maximum atomic E-state index is 4.23. The summed E-state index contributed by atoms with van der Waals surface area (Å²) in [7, 11) is 0. The molecule has 4 nitrogen and oxygen atoms in total. The van der Waals surface area contributed by atoms with Gasteiger partial charge in [0.2, 0.25) is 0 Å². The van der Waals surface area contributed by atoms with Crippen LogP contribution in [0.25, 0.3) is 0 Å². The Balaban J connectivity index is 2.65. The molecule has 0 amide bonds. The Bertz CT molecular complexity index is 348. The molecule has 1 atom stereocenters. The molecule has 1 aromatic rings. The van der Waals surface area contributed by atoms with Gasteiger partial charge < -0.3 is 10.6 Å². The van der Waals surface area contributed by atoms with Crippen molar-refractivity contribution >= 4 is 39.3 Å². The van der Waals surface area contributed by atoms with Crippen LogP contribution in [-0.4, -0.2) is 34.6 Å². The Morgan fingerprint density at radius 3 is 2.59 bits per heavy atom. The predicted octanol–water partition coefficient (Wildman–Crippen LogP) is 3.22. The number of aromatic nitrogens is 2. The zero-order valence-electron chi connectivity index (χ0n) is 10.5. The molecule has 0 aliphatic rings. The third-order valence-corrected chi connectivity index (χ3v) is 4.01. The van der Waals surface area contributed by atoms with Crippen LogP contribution in [0.2, 0.25) is 0 Å². The summed E-state index contributed by atoms with van der Waals surface area (Å²) in [4.78, 5) is 8.44. The van der Waals surface area contributed by atoms with Crippen molar-refractivity contribution in [2.75, 3.05) is 30.0 Å². The Kier molecular flexibility index (Phi) is 6.65. The van der Waals surface area contributed by atoms with E-state index in [0.29, 0.717) is 5.25 Å². The minimum atomic E-state index is 0.559. The summed E-state index contributed by atoms with van der Waals surface area (Å²) in [6.45, 7) is 6.12. The predicted molar refractivity (Wildman–Crippen MR) is 80.0 cm³/mol. The highest BCUT2D eigenvalue weighted by Gasteiger charge is 2.08. The van der Waals surface area contributed by atoms with E-state index in [1.165, 1.54) is 0 Å². The molecule has 0 saturated carbocycles. The van der Waals surface area contributed by atoms with E-state index >= 15 is 0 Å². The van der Waals surface area contributed by atoms with Gasteiger partial charge in [-0.3, -0.25) is 0 Å². The molecule has 0 saturated heterocycles. The normalized spacial score (nSPS) is 12.2. The van der Waals surface area contributed by atoms with E-state index in [4.69, 9.17) is 0 Å². The Hall–Kier alpha value is -0.490. The molecule has 0 bridgehead atoms. The fourth-order valence-electron chi connectivity index (χ4n) is 1.18. The molecular formula is C11H19BrN4S. The molecule has 0 radical (unpaired) electrons. The Morgan fingerprint density at radius 1 is 1.35 bits per heavy atom. The number of hydrogen-bond donors (Lipinski definition) is 2. The number of nitrogens with one attached hydrogen (secondary N) is 2. The first kappa shape index (κ1) is 14.6. The quantitative estimate of drug-likeness (QED) is 0.808. The van der Waals surface area contributed by atoms with Crippen molar-refractivity contribution in [3.05, 3.63) is 10.8 Å². The van der Waals surface area contributed by atoms with E-state index in [2.05, 4.69) is 56.6 Å². The van der Waals surface area contributed by atoms with E-state index in [1.54, 1.807) is 6.33 Å². The average Bonchev–Trinajstić information content (AvgIpc) is 2.35. The topological polar surface area (TPSA) is 49.8 Å². The summed E-state index contributed by atoms with van der Waals surface area (Å²) in [5.41, 5.74) is 0. The van der Waals surface area contributed by atoms with Crippen LogP contribution in [0, 0.1) is 0 Å². The van der Waals surface area contributed by atoms with Crippen molar-refractivity contribution in [2.45, 2.75) is 25.5 Å². The summed E-state index contributed by atoms with van der Waals surface area (Å²) < 4.78 is 0.904. The smallest absolute Gasteiger partial charge is 0.145 e. The molecule has 96 valence electrons. The van der Waals surface area contributed by atoms with Crippen molar-refractivity contribution < 1.29 is 0 Å². The number of rotatable bonds is 7. The lowest BCUT2D eigenvalue weighted by Gasteiger charge is -2.13. The lowest BCUT2D eigenvalue weighted by Crippen LogP contribution is -2.14. The van der Waals surface area contributed by atoms with Gasteiger partial charge in [-0.2, -0.15) is 11.8 Å². The van der Waals surface area contributed by atoms with Crippen LogP contribution < -0.4 is 10.6 Å². The van der Waals surface area contributed by atoms with Gasteiger partial charge in [0.15, 0.2) is 0 Å². The molecule has 6 heteroatoms. The SMILES string of the molecule is CCCNc1ncnc(NCC(C)SC)c1Br. The molecule has 1 rings (SSSR count). The fraction of sp³-hybridized carbons (Fsp3) is 0.636. The standard InChI is InChI=1S/C11H19BrN4S/c1-4-5-13-10-9(12)11(16-7-15-10)14-6-8(2)17-3/h7-8H,4-6H2,1-3H3,(H2,13,14,15,16). The zero-order valence-corrected chi connectivity index (χ0v) is 12.9. The van der Waals surface area contributed by atoms with E-state index in [0.717, 1.165) is 35.6 Å². The van der Waals surface area contributed by atoms with Crippen LogP contribution in [0.15, 0.2) is 10.8 Å². The Morgan fingerprint density at radius 2 is 2.00 bits per heavy atom. The van der Waals surface area contributed by atoms with Crippen molar-refractivity contribution in [3.8, 4) is 0 Å². The number of anilines is 2. The van der Waals surface area contributed by atoms with Crippen LogP contribution in [0.1, 0.15) is 20.3 Å². The van der Waals surface area contributed by atoms with Crippen LogP contribution in [-0.2, 0) is 0 Å². The van der Waals surface area contributed by atoms with E-state index in [9.17, 15) is 0 Å². The molecule has 0 aliphatic heterocycles.